The molecule has 0 aliphatic heterocycles. The highest BCUT2D eigenvalue weighted by Gasteiger charge is 2.23. The number of rotatable bonds is 3. The molecule has 0 fully saturated rings. The summed E-state index contributed by atoms with van der Waals surface area (Å²) in [6.07, 6.45) is 0. The molecule has 0 radical (unpaired) electrons. The van der Waals surface area contributed by atoms with Crippen LogP contribution >= 0.6 is 15.9 Å². The largest absolute Gasteiger partial charge is 0.352 e. The van der Waals surface area contributed by atoms with Crippen LogP contribution in [0.2, 0.25) is 0 Å². The molecule has 1 aromatic rings. The van der Waals surface area contributed by atoms with Crippen LogP contribution < -0.4 is 5.32 Å². The second kappa shape index (κ2) is 5.99. The smallest absolute Gasteiger partial charge is 0.257 e. The molecule has 0 aromatic heterocycles. The predicted molar refractivity (Wildman–Crippen MR) is 75.0 cm³/mol. The number of carbonyl (C=O) groups is 1. The minimum absolute atomic E-state index is 0.0179. The van der Waals surface area contributed by atoms with E-state index in [1.807, 2.05) is 27.7 Å². The highest BCUT2D eigenvalue weighted by Crippen LogP contribution is 2.25. The van der Waals surface area contributed by atoms with Gasteiger partial charge in [0.15, 0.2) is 0 Å². The lowest BCUT2D eigenvalue weighted by molar-refractivity contribution is 0.0928. The average molecular weight is 334 g/mol. The second-order valence-electron chi connectivity index (χ2n) is 5.72. The lowest BCUT2D eigenvalue weighted by Gasteiger charge is -2.27. The highest BCUT2D eigenvalue weighted by atomic mass is 79.9. The van der Waals surface area contributed by atoms with E-state index in [0.29, 0.717) is 6.54 Å². The molecule has 1 rings (SSSR count). The normalized spacial score (nSPS) is 13.2. The van der Waals surface area contributed by atoms with Crippen molar-refractivity contribution in [3.05, 3.63) is 33.8 Å². The first-order valence-corrected chi connectivity index (χ1v) is 6.85. The van der Waals surface area contributed by atoms with E-state index < -0.39 is 23.1 Å². The summed E-state index contributed by atoms with van der Waals surface area (Å²) in [6.45, 7) is 8.49. The van der Waals surface area contributed by atoms with Crippen LogP contribution in [0.5, 0.6) is 0 Å². The van der Waals surface area contributed by atoms with E-state index in [0.717, 1.165) is 12.1 Å². The van der Waals surface area contributed by atoms with Gasteiger partial charge in [-0.3, -0.25) is 4.79 Å². The van der Waals surface area contributed by atoms with Gasteiger partial charge in [0.05, 0.1) is 0 Å². The van der Waals surface area contributed by atoms with Gasteiger partial charge >= 0.3 is 0 Å². The number of amides is 1. The van der Waals surface area contributed by atoms with Crippen molar-refractivity contribution in [2.45, 2.75) is 27.7 Å². The van der Waals surface area contributed by atoms with Gasteiger partial charge in [-0.1, -0.05) is 43.6 Å². The van der Waals surface area contributed by atoms with Crippen molar-refractivity contribution in [1.29, 1.82) is 0 Å². The summed E-state index contributed by atoms with van der Waals surface area (Å²) in [7, 11) is 0. The molecule has 106 valence electrons. The van der Waals surface area contributed by atoms with Crippen molar-refractivity contribution in [2.75, 3.05) is 6.54 Å². The first-order valence-electron chi connectivity index (χ1n) is 6.05. The predicted octanol–water partition coefficient (Wildman–Crippen LogP) is 4.14. The van der Waals surface area contributed by atoms with Crippen molar-refractivity contribution >= 4 is 21.8 Å². The van der Waals surface area contributed by atoms with E-state index in [-0.39, 0.29) is 15.8 Å². The molecule has 1 atom stereocenters. The van der Waals surface area contributed by atoms with Crippen LogP contribution in [0.25, 0.3) is 0 Å². The summed E-state index contributed by atoms with van der Waals surface area (Å²) in [6, 6.07) is 2.15. The molecule has 0 aliphatic carbocycles. The van der Waals surface area contributed by atoms with Gasteiger partial charge in [-0.15, -0.1) is 0 Å². The van der Waals surface area contributed by atoms with Crippen LogP contribution in [0.1, 0.15) is 38.1 Å². The van der Waals surface area contributed by atoms with Gasteiger partial charge in [0.1, 0.15) is 17.2 Å². The van der Waals surface area contributed by atoms with Crippen molar-refractivity contribution in [1.82, 2.24) is 5.32 Å². The summed E-state index contributed by atoms with van der Waals surface area (Å²) < 4.78 is 27.4. The van der Waals surface area contributed by atoms with Gasteiger partial charge in [-0.2, -0.15) is 0 Å². The van der Waals surface area contributed by atoms with Crippen LogP contribution in [-0.4, -0.2) is 12.5 Å². The Morgan fingerprint density at radius 2 is 1.79 bits per heavy atom. The Balaban J connectivity index is 2.80. The first-order chi connectivity index (χ1) is 8.62. The third kappa shape index (κ3) is 4.27. The topological polar surface area (TPSA) is 29.1 Å². The van der Waals surface area contributed by atoms with Gasteiger partial charge in [-0.05, 0) is 23.5 Å². The van der Waals surface area contributed by atoms with Crippen molar-refractivity contribution < 1.29 is 13.6 Å². The Bertz CT molecular complexity index is 460. The molecular weight excluding hydrogens is 316 g/mol. The van der Waals surface area contributed by atoms with Crippen LogP contribution in [0.15, 0.2) is 16.6 Å². The van der Waals surface area contributed by atoms with Gasteiger partial charge in [-0.25, -0.2) is 8.78 Å². The number of hydrogen-bond donors (Lipinski definition) is 1. The summed E-state index contributed by atoms with van der Waals surface area (Å²) >= 11 is 2.97. The zero-order valence-electron chi connectivity index (χ0n) is 11.5. The Hall–Kier alpha value is -0.970. The molecule has 0 saturated heterocycles. The van der Waals surface area contributed by atoms with Crippen molar-refractivity contribution in [3.8, 4) is 0 Å². The van der Waals surface area contributed by atoms with Crippen LogP contribution in [0.4, 0.5) is 8.78 Å². The molecular formula is C14H18BrF2NO. The SMILES string of the molecule is CC(CNC(=O)c1c(F)cc(Br)cc1F)C(C)(C)C. The van der Waals surface area contributed by atoms with Crippen LogP contribution in [0.3, 0.4) is 0 Å². The molecule has 1 aromatic carbocycles. The molecule has 0 heterocycles. The molecule has 0 bridgehead atoms. The van der Waals surface area contributed by atoms with Gasteiger partial charge in [0, 0.05) is 11.0 Å². The molecule has 1 N–H and O–H groups in total. The second-order valence-corrected chi connectivity index (χ2v) is 6.64. The number of hydrogen-bond acceptors (Lipinski definition) is 1. The summed E-state index contributed by atoms with van der Waals surface area (Å²) in [4.78, 5) is 11.8. The molecule has 0 saturated carbocycles. The van der Waals surface area contributed by atoms with Gasteiger partial charge in [0.2, 0.25) is 0 Å². The minimum Gasteiger partial charge on any atom is -0.352 e. The van der Waals surface area contributed by atoms with E-state index in [9.17, 15) is 13.6 Å². The first kappa shape index (κ1) is 16.1. The number of halogens is 3. The Labute approximate surface area is 120 Å². The zero-order valence-corrected chi connectivity index (χ0v) is 13.1. The molecule has 0 spiro atoms. The lowest BCUT2D eigenvalue weighted by Crippen LogP contribution is -2.34. The maximum absolute atomic E-state index is 13.6. The van der Waals surface area contributed by atoms with E-state index in [2.05, 4.69) is 21.2 Å². The lowest BCUT2D eigenvalue weighted by atomic mass is 9.82. The fraction of sp³-hybridized carbons (Fsp3) is 0.500. The summed E-state index contributed by atoms with van der Waals surface area (Å²) in [5, 5.41) is 2.57. The third-order valence-electron chi connectivity index (χ3n) is 3.28. The van der Waals surface area contributed by atoms with E-state index in [4.69, 9.17) is 0 Å². The van der Waals surface area contributed by atoms with Gasteiger partial charge in [0.25, 0.3) is 5.91 Å². The monoisotopic (exact) mass is 333 g/mol. The Morgan fingerprint density at radius 1 is 1.32 bits per heavy atom. The highest BCUT2D eigenvalue weighted by molar-refractivity contribution is 9.10. The van der Waals surface area contributed by atoms with Crippen LogP contribution in [-0.2, 0) is 0 Å². The fourth-order valence-corrected chi connectivity index (χ4v) is 1.80. The van der Waals surface area contributed by atoms with E-state index in [1.54, 1.807) is 0 Å². The fourth-order valence-electron chi connectivity index (χ4n) is 1.40. The average Bonchev–Trinajstić information content (AvgIpc) is 2.22. The number of carbonyl (C=O) groups excluding carboxylic acids is 1. The van der Waals surface area contributed by atoms with Crippen molar-refractivity contribution in [3.63, 3.8) is 0 Å². The van der Waals surface area contributed by atoms with E-state index >= 15 is 0 Å². The third-order valence-corrected chi connectivity index (χ3v) is 3.74. The summed E-state index contributed by atoms with van der Waals surface area (Å²) in [5.41, 5.74) is -0.520. The quantitative estimate of drug-likeness (QED) is 0.884. The summed E-state index contributed by atoms with van der Waals surface area (Å²) in [5.74, 6) is -2.27. The number of nitrogens with one attached hydrogen (secondary N) is 1. The zero-order chi connectivity index (χ0) is 14.8. The Morgan fingerprint density at radius 3 is 2.21 bits per heavy atom. The molecule has 19 heavy (non-hydrogen) atoms. The molecule has 1 unspecified atom stereocenters. The Kier molecular flexibility index (Phi) is 5.07. The molecule has 1 amide bonds. The number of benzene rings is 1. The maximum atomic E-state index is 13.6. The molecule has 0 aliphatic rings. The maximum Gasteiger partial charge on any atom is 0.257 e. The van der Waals surface area contributed by atoms with Crippen molar-refractivity contribution in [2.24, 2.45) is 11.3 Å². The minimum atomic E-state index is -0.868. The standard InChI is InChI=1S/C14H18BrF2NO/c1-8(14(2,3)4)7-18-13(19)12-10(16)5-9(15)6-11(12)17/h5-6,8H,7H2,1-4H3,(H,18,19). The van der Waals surface area contributed by atoms with Crippen LogP contribution in [0, 0.1) is 23.0 Å². The van der Waals surface area contributed by atoms with E-state index in [1.165, 1.54) is 0 Å². The molecule has 5 heteroatoms. The van der Waals surface area contributed by atoms with Gasteiger partial charge < -0.3 is 5.32 Å². The molecule has 2 nitrogen and oxygen atoms in total.